The van der Waals surface area contributed by atoms with Gasteiger partial charge in [0.25, 0.3) is 0 Å². The number of amides is 2. The highest BCUT2D eigenvalue weighted by Gasteiger charge is 2.55. The number of fused-ring (bicyclic) bond motifs is 1. The zero-order valence-corrected chi connectivity index (χ0v) is 14.1. The molecule has 0 unspecified atom stereocenters. The molecule has 3 rings (SSSR count). The Morgan fingerprint density at radius 1 is 1.46 bits per heavy atom. The molecule has 7 heteroatoms. The van der Waals surface area contributed by atoms with Crippen LogP contribution in [0.1, 0.15) is 19.3 Å². The molecule has 0 radical (unpaired) electrons. The summed E-state index contributed by atoms with van der Waals surface area (Å²) < 4.78 is 5.52. The summed E-state index contributed by atoms with van der Waals surface area (Å²) in [7, 11) is 0. The minimum absolute atomic E-state index is 0.0726. The predicted molar refractivity (Wildman–Crippen MR) is 89.3 cm³/mol. The van der Waals surface area contributed by atoms with E-state index in [0.717, 1.165) is 12.8 Å². The van der Waals surface area contributed by atoms with Gasteiger partial charge in [0, 0.05) is 18.1 Å². The molecule has 130 valence electrons. The van der Waals surface area contributed by atoms with Gasteiger partial charge in [0.15, 0.2) is 0 Å². The molecular formula is C17H21ClN2O4. The first-order chi connectivity index (χ1) is 11.5. The maximum Gasteiger partial charge on any atom is 0.317 e. The van der Waals surface area contributed by atoms with Crippen LogP contribution in [-0.4, -0.2) is 48.2 Å². The fourth-order valence-electron chi connectivity index (χ4n) is 3.79. The van der Waals surface area contributed by atoms with Crippen LogP contribution < -0.4 is 10.1 Å². The Morgan fingerprint density at radius 3 is 3.00 bits per heavy atom. The normalized spacial score (nSPS) is 25.4. The number of carbonyl (C=O) groups is 2. The number of ether oxygens (including phenoxy) is 1. The van der Waals surface area contributed by atoms with Gasteiger partial charge in [-0.2, -0.15) is 0 Å². The molecule has 2 aliphatic rings. The standard InChI is InChI=1S/C17H21ClN2O4/c18-13-4-1-5-14(9-13)24-8-7-19-16(23)20-10-12-3-2-6-17(12,11-20)15(21)22/h1,4-5,9,12H,2-3,6-8,10-11H2,(H,19,23)(H,21,22)/t12-,17+/m0/s1. The van der Waals surface area contributed by atoms with Crippen LogP contribution in [0, 0.1) is 11.3 Å². The lowest BCUT2D eigenvalue weighted by Gasteiger charge is -2.23. The van der Waals surface area contributed by atoms with Gasteiger partial charge in [-0.15, -0.1) is 0 Å². The van der Waals surface area contributed by atoms with Crippen LogP contribution in [0.3, 0.4) is 0 Å². The summed E-state index contributed by atoms with van der Waals surface area (Å²) in [6.07, 6.45) is 2.47. The van der Waals surface area contributed by atoms with Crippen molar-refractivity contribution in [2.45, 2.75) is 19.3 Å². The number of hydrogen-bond donors (Lipinski definition) is 2. The number of carboxylic acids is 1. The van der Waals surface area contributed by atoms with Crippen LogP contribution in [0.4, 0.5) is 4.79 Å². The molecule has 1 aliphatic carbocycles. The molecule has 1 heterocycles. The van der Waals surface area contributed by atoms with E-state index in [2.05, 4.69) is 5.32 Å². The van der Waals surface area contributed by atoms with E-state index in [9.17, 15) is 14.7 Å². The zero-order chi connectivity index (χ0) is 17.2. The first-order valence-electron chi connectivity index (χ1n) is 8.16. The maximum atomic E-state index is 12.3. The number of urea groups is 1. The Labute approximate surface area is 145 Å². The Morgan fingerprint density at radius 2 is 2.29 bits per heavy atom. The topological polar surface area (TPSA) is 78.9 Å². The minimum atomic E-state index is -0.774. The van der Waals surface area contributed by atoms with E-state index in [4.69, 9.17) is 16.3 Å². The van der Waals surface area contributed by atoms with Gasteiger partial charge < -0.3 is 20.1 Å². The number of hydrogen-bond acceptors (Lipinski definition) is 3. The van der Waals surface area contributed by atoms with Crippen LogP contribution in [0.25, 0.3) is 0 Å². The van der Waals surface area contributed by atoms with Crippen LogP contribution in [0.5, 0.6) is 5.75 Å². The molecule has 24 heavy (non-hydrogen) atoms. The SMILES string of the molecule is O=C(NCCOc1cccc(Cl)c1)N1C[C@@H]2CCC[C@@]2(C(=O)O)C1. The number of nitrogens with one attached hydrogen (secondary N) is 1. The second-order valence-corrected chi connectivity index (χ2v) is 6.91. The second kappa shape index (κ2) is 6.89. The lowest BCUT2D eigenvalue weighted by molar-refractivity contribution is -0.149. The van der Waals surface area contributed by atoms with Crippen molar-refractivity contribution in [2.24, 2.45) is 11.3 Å². The molecule has 0 spiro atoms. The zero-order valence-electron chi connectivity index (χ0n) is 13.3. The van der Waals surface area contributed by atoms with Crippen LogP contribution in [0.15, 0.2) is 24.3 Å². The van der Waals surface area contributed by atoms with Crippen molar-refractivity contribution in [2.75, 3.05) is 26.2 Å². The Balaban J connectivity index is 1.45. The summed E-state index contributed by atoms with van der Waals surface area (Å²) in [6, 6.07) is 6.84. The van der Waals surface area contributed by atoms with E-state index in [1.807, 2.05) is 0 Å². The van der Waals surface area contributed by atoms with Gasteiger partial charge in [-0.1, -0.05) is 24.1 Å². The highest BCUT2D eigenvalue weighted by Crippen LogP contribution is 2.48. The number of carbonyl (C=O) groups excluding carboxylic acids is 1. The highest BCUT2D eigenvalue weighted by molar-refractivity contribution is 6.30. The van der Waals surface area contributed by atoms with Crippen molar-refractivity contribution < 1.29 is 19.4 Å². The van der Waals surface area contributed by atoms with Gasteiger partial charge in [-0.25, -0.2) is 4.79 Å². The minimum Gasteiger partial charge on any atom is -0.492 e. The molecule has 2 amide bonds. The fourth-order valence-corrected chi connectivity index (χ4v) is 3.97. The molecule has 1 saturated heterocycles. The van der Waals surface area contributed by atoms with E-state index in [-0.39, 0.29) is 11.9 Å². The Hall–Kier alpha value is -1.95. The van der Waals surface area contributed by atoms with Crippen molar-refractivity contribution in [3.05, 3.63) is 29.3 Å². The third kappa shape index (κ3) is 3.29. The summed E-state index contributed by atoms with van der Waals surface area (Å²) in [5.74, 6) is -0.0506. The average molecular weight is 353 g/mol. The van der Waals surface area contributed by atoms with Crippen LogP contribution in [0.2, 0.25) is 5.02 Å². The van der Waals surface area contributed by atoms with Gasteiger partial charge in [0.2, 0.25) is 0 Å². The van der Waals surface area contributed by atoms with Crippen LogP contribution >= 0.6 is 11.6 Å². The van der Waals surface area contributed by atoms with Gasteiger partial charge in [0.05, 0.1) is 12.0 Å². The summed E-state index contributed by atoms with van der Waals surface area (Å²) >= 11 is 5.87. The van der Waals surface area contributed by atoms with Gasteiger partial charge in [-0.05, 0) is 37.0 Å². The average Bonchev–Trinajstić information content (AvgIpc) is 3.09. The molecule has 1 saturated carbocycles. The molecule has 0 aromatic heterocycles. The smallest absolute Gasteiger partial charge is 0.317 e. The van der Waals surface area contributed by atoms with E-state index in [0.29, 0.717) is 43.4 Å². The molecule has 2 N–H and O–H groups in total. The number of carboxylic acid groups (broad SMARTS) is 1. The largest absolute Gasteiger partial charge is 0.492 e. The van der Waals surface area contributed by atoms with Crippen molar-refractivity contribution in [1.29, 1.82) is 0 Å². The third-order valence-corrected chi connectivity index (χ3v) is 5.26. The van der Waals surface area contributed by atoms with Crippen molar-refractivity contribution >= 4 is 23.6 Å². The number of likely N-dealkylation sites (tertiary alicyclic amines) is 1. The van der Waals surface area contributed by atoms with Gasteiger partial charge in [0.1, 0.15) is 12.4 Å². The molecule has 6 nitrogen and oxygen atoms in total. The van der Waals surface area contributed by atoms with Crippen molar-refractivity contribution in [3.63, 3.8) is 0 Å². The lowest BCUT2D eigenvalue weighted by Crippen LogP contribution is -2.42. The van der Waals surface area contributed by atoms with Gasteiger partial charge in [-0.3, -0.25) is 4.79 Å². The summed E-state index contributed by atoms with van der Waals surface area (Å²) in [6.45, 7) is 1.50. The first kappa shape index (κ1) is 16.9. The van der Waals surface area contributed by atoms with E-state index >= 15 is 0 Å². The fraction of sp³-hybridized carbons (Fsp3) is 0.529. The van der Waals surface area contributed by atoms with E-state index in [1.54, 1.807) is 29.2 Å². The molecule has 1 aliphatic heterocycles. The quantitative estimate of drug-likeness (QED) is 0.798. The Bertz CT molecular complexity index is 639. The molecule has 2 atom stereocenters. The molecule has 1 aromatic rings. The first-order valence-corrected chi connectivity index (χ1v) is 8.53. The predicted octanol–water partition coefficient (Wildman–Crippen LogP) is 2.62. The highest BCUT2D eigenvalue weighted by atomic mass is 35.5. The number of aliphatic carboxylic acids is 1. The van der Waals surface area contributed by atoms with Crippen LogP contribution in [-0.2, 0) is 4.79 Å². The van der Waals surface area contributed by atoms with Crippen molar-refractivity contribution in [1.82, 2.24) is 10.2 Å². The lowest BCUT2D eigenvalue weighted by atomic mass is 9.81. The summed E-state index contributed by atoms with van der Waals surface area (Å²) in [4.78, 5) is 25.5. The summed E-state index contributed by atoms with van der Waals surface area (Å²) in [5, 5.41) is 12.9. The summed E-state index contributed by atoms with van der Waals surface area (Å²) in [5.41, 5.74) is -0.741. The Kier molecular flexibility index (Phi) is 4.85. The molecule has 2 fully saturated rings. The van der Waals surface area contributed by atoms with Crippen molar-refractivity contribution in [3.8, 4) is 5.75 Å². The number of nitrogens with zero attached hydrogens (tertiary/aromatic N) is 1. The van der Waals surface area contributed by atoms with E-state index < -0.39 is 11.4 Å². The molecular weight excluding hydrogens is 332 g/mol. The van der Waals surface area contributed by atoms with E-state index in [1.165, 1.54) is 0 Å². The number of benzene rings is 1. The maximum absolute atomic E-state index is 12.3. The third-order valence-electron chi connectivity index (χ3n) is 5.03. The molecule has 1 aromatic carbocycles. The van der Waals surface area contributed by atoms with Gasteiger partial charge >= 0.3 is 12.0 Å². The second-order valence-electron chi connectivity index (χ2n) is 6.47. The molecule has 0 bridgehead atoms. The monoisotopic (exact) mass is 352 g/mol. The number of rotatable bonds is 5. The number of halogens is 1.